The third kappa shape index (κ3) is 3.22. The molecule has 148 valence electrons. The van der Waals surface area contributed by atoms with Crippen LogP contribution in [0.2, 0.25) is 0 Å². The number of carbonyl (C=O) groups excluding carboxylic acids is 2. The minimum absolute atomic E-state index is 0.0822. The van der Waals surface area contributed by atoms with Gasteiger partial charge in [-0.2, -0.15) is 0 Å². The average Bonchev–Trinajstić information content (AvgIpc) is 3.16. The summed E-state index contributed by atoms with van der Waals surface area (Å²) >= 11 is 0. The van der Waals surface area contributed by atoms with E-state index in [2.05, 4.69) is 5.32 Å². The molecular formula is C24H20N4O2. The van der Waals surface area contributed by atoms with Crippen LogP contribution in [0.3, 0.4) is 0 Å². The van der Waals surface area contributed by atoms with E-state index in [1.807, 2.05) is 89.5 Å². The lowest BCUT2D eigenvalue weighted by atomic mass is 10.1. The second-order valence-corrected chi connectivity index (χ2v) is 7.31. The lowest BCUT2D eigenvalue weighted by molar-refractivity contribution is -0.126. The van der Waals surface area contributed by atoms with Crippen LogP contribution in [-0.2, 0) is 16.1 Å². The van der Waals surface area contributed by atoms with Crippen molar-refractivity contribution in [2.45, 2.75) is 19.0 Å². The second-order valence-electron chi connectivity index (χ2n) is 7.31. The number of benzene rings is 3. The Morgan fingerprint density at radius 1 is 0.933 bits per heavy atom. The van der Waals surface area contributed by atoms with Crippen LogP contribution in [0.5, 0.6) is 0 Å². The molecule has 0 spiro atoms. The fourth-order valence-corrected chi connectivity index (χ4v) is 3.89. The molecule has 1 atom stereocenters. The van der Waals surface area contributed by atoms with Crippen LogP contribution in [0.25, 0.3) is 11.0 Å². The molecule has 2 amide bonds. The van der Waals surface area contributed by atoms with Crippen molar-refractivity contribution in [2.24, 2.45) is 0 Å². The van der Waals surface area contributed by atoms with Gasteiger partial charge in [0, 0.05) is 5.69 Å². The van der Waals surface area contributed by atoms with Crippen LogP contribution >= 0.6 is 0 Å². The van der Waals surface area contributed by atoms with Gasteiger partial charge in [-0.05, 0) is 29.8 Å². The molecule has 6 heteroatoms. The number of carbonyl (C=O) groups is 2. The Hall–Kier alpha value is -3.93. The van der Waals surface area contributed by atoms with Crippen molar-refractivity contribution in [2.75, 3.05) is 10.2 Å². The summed E-state index contributed by atoms with van der Waals surface area (Å²) in [7, 11) is 0. The summed E-state index contributed by atoms with van der Waals surface area (Å²) in [6.07, 6.45) is 0.0822. The van der Waals surface area contributed by atoms with E-state index in [-0.39, 0.29) is 18.2 Å². The molecule has 1 N–H and O–H groups in total. The maximum Gasteiger partial charge on any atom is 0.248 e. The summed E-state index contributed by atoms with van der Waals surface area (Å²) in [5, 5.41) is 2.93. The van der Waals surface area contributed by atoms with Gasteiger partial charge in [-0.3, -0.25) is 19.1 Å². The highest BCUT2D eigenvalue weighted by atomic mass is 16.2. The van der Waals surface area contributed by atoms with Crippen molar-refractivity contribution in [3.8, 4) is 0 Å². The molecule has 0 unspecified atom stereocenters. The molecule has 1 aliphatic heterocycles. The summed E-state index contributed by atoms with van der Waals surface area (Å²) in [5.41, 5.74) is 3.31. The Bertz CT molecular complexity index is 1220. The van der Waals surface area contributed by atoms with Gasteiger partial charge in [0.1, 0.15) is 6.04 Å². The van der Waals surface area contributed by atoms with Gasteiger partial charge in [-0.15, -0.1) is 0 Å². The van der Waals surface area contributed by atoms with E-state index in [0.717, 1.165) is 16.6 Å². The Kier molecular flexibility index (Phi) is 4.52. The predicted molar refractivity (Wildman–Crippen MR) is 116 cm³/mol. The lowest BCUT2D eigenvalue weighted by Crippen LogP contribution is -2.42. The van der Waals surface area contributed by atoms with Crippen molar-refractivity contribution in [1.82, 2.24) is 9.55 Å². The minimum Gasteiger partial charge on any atom is -0.324 e. The normalized spacial score (nSPS) is 15.8. The van der Waals surface area contributed by atoms with Gasteiger partial charge in [0.25, 0.3) is 0 Å². The highest BCUT2D eigenvalue weighted by molar-refractivity contribution is 6.04. The molecular weight excluding hydrogens is 376 g/mol. The van der Waals surface area contributed by atoms with Crippen LogP contribution < -0.4 is 10.2 Å². The Balaban J connectivity index is 1.56. The smallest absolute Gasteiger partial charge is 0.248 e. The molecule has 0 saturated heterocycles. The molecule has 5 rings (SSSR count). The average molecular weight is 396 g/mol. The zero-order chi connectivity index (χ0) is 20.5. The number of rotatable bonds is 4. The maximum atomic E-state index is 13.2. The molecule has 6 nitrogen and oxygen atoms in total. The van der Waals surface area contributed by atoms with E-state index >= 15 is 0 Å². The van der Waals surface area contributed by atoms with Crippen molar-refractivity contribution < 1.29 is 9.59 Å². The van der Waals surface area contributed by atoms with E-state index in [0.29, 0.717) is 18.2 Å². The molecule has 0 saturated carbocycles. The number of anilines is 2. The predicted octanol–water partition coefficient (Wildman–Crippen LogP) is 4.15. The van der Waals surface area contributed by atoms with E-state index in [1.165, 1.54) is 0 Å². The third-order valence-electron chi connectivity index (χ3n) is 5.33. The summed E-state index contributed by atoms with van der Waals surface area (Å²) in [6, 6.07) is 26.1. The highest BCUT2D eigenvalue weighted by Gasteiger charge is 2.37. The number of imidazole rings is 1. The van der Waals surface area contributed by atoms with Gasteiger partial charge in [0.05, 0.1) is 24.0 Å². The molecule has 4 aromatic rings. The van der Waals surface area contributed by atoms with Gasteiger partial charge in [0.2, 0.25) is 17.8 Å². The second kappa shape index (κ2) is 7.48. The zero-order valence-corrected chi connectivity index (χ0v) is 16.2. The zero-order valence-electron chi connectivity index (χ0n) is 16.2. The van der Waals surface area contributed by atoms with Crippen molar-refractivity contribution in [3.63, 3.8) is 0 Å². The molecule has 30 heavy (non-hydrogen) atoms. The largest absolute Gasteiger partial charge is 0.324 e. The summed E-state index contributed by atoms with van der Waals surface area (Å²) in [5.74, 6) is 0.165. The van der Waals surface area contributed by atoms with Crippen LogP contribution in [0.4, 0.5) is 11.6 Å². The Labute approximate surface area is 173 Å². The molecule has 0 bridgehead atoms. The number of nitrogens with zero attached hydrogens (tertiary/aromatic N) is 3. The van der Waals surface area contributed by atoms with Crippen LogP contribution in [0.1, 0.15) is 18.0 Å². The van der Waals surface area contributed by atoms with Crippen LogP contribution in [0.15, 0.2) is 84.9 Å². The number of amides is 2. The topological polar surface area (TPSA) is 67.2 Å². The van der Waals surface area contributed by atoms with Gasteiger partial charge in [-0.1, -0.05) is 60.7 Å². The molecule has 0 aliphatic carbocycles. The molecule has 3 aromatic carbocycles. The fourth-order valence-electron chi connectivity index (χ4n) is 3.89. The number of hydrogen-bond donors (Lipinski definition) is 1. The molecule has 0 radical (unpaired) electrons. The van der Waals surface area contributed by atoms with Crippen molar-refractivity contribution >= 4 is 34.5 Å². The third-order valence-corrected chi connectivity index (χ3v) is 5.33. The number of nitrogens with one attached hydrogen (secondary N) is 1. The number of fused-ring (bicyclic) bond motifs is 3. The summed E-state index contributed by atoms with van der Waals surface area (Å²) in [4.78, 5) is 32.6. The first-order chi connectivity index (χ1) is 14.7. The Morgan fingerprint density at radius 2 is 1.60 bits per heavy atom. The number of aromatic nitrogens is 2. The first-order valence-corrected chi connectivity index (χ1v) is 9.88. The molecule has 1 aliphatic rings. The van der Waals surface area contributed by atoms with E-state index in [9.17, 15) is 9.59 Å². The van der Waals surface area contributed by atoms with Gasteiger partial charge in [-0.25, -0.2) is 4.98 Å². The van der Waals surface area contributed by atoms with E-state index < -0.39 is 6.04 Å². The monoisotopic (exact) mass is 396 g/mol. The molecule has 1 aromatic heterocycles. The standard InChI is InChI=1S/C24H20N4O2/c29-22-15-21(23(30)25-18-11-5-2-6-12-18)28-20-14-8-7-13-19(20)26-24(28)27(22)16-17-9-3-1-4-10-17/h1-14,21H,15-16H2,(H,25,30)/t21-/m1/s1. The first-order valence-electron chi connectivity index (χ1n) is 9.88. The van der Waals surface area contributed by atoms with Crippen LogP contribution in [-0.4, -0.2) is 21.4 Å². The lowest BCUT2D eigenvalue weighted by Gasteiger charge is -2.32. The maximum absolute atomic E-state index is 13.2. The minimum atomic E-state index is -0.660. The number of para-hydroxylation sites is 3. The summed E-state index contributed by atoms with van der Waals surface area (Å²) < 4.78 is 1.89. The SMILES string of the molecule is O=C(Nc1ccccc1)[C@H]1CC(=O)N(Cc2ccccc2)c2nc3ccccc3n21. The highest BCUT2D eigenvalue weighted by Crippen LogP contribution is 2.35. The Morgan fingerprint density at radius 3 is 2.37 bits per heavy atom. The summed E-state index contributed by atoms with van der Waals surface area (Å²) in [6.45, 7) is 0.413. The van der Waals surface area contributed by atoms with Crippen molar-refractivity contribution in [3.05, 3.63) is 90.5 Å². The molecule has 0 fully saturated rings. The van der Waals surface area contributed by atoms with Gasteiger partial charge < -0.3 is 5.32 Å². The quantitative estimate of drug-likeness (QED) is 0.563. The first kappa shape index (κ1) is 18.1. The van der Waals surface area contributed by atoms with Crippen LogP contribution in [0, 0.1) is 0 Å². The number of hydrogen-bond acceptors (Lipinski definition) is 3. The van der Waals surface area contributed by atoms with Crippen molar-refractivity contribution in [1.29, 1.82) is 0 Å². The van der Waals surface area contributed by atoms with Gasteiger partial charge >= 0.3 is 0 Å². The molecule has 2 heterocycles. The van der Waals surface area contributed by atoms with E-state index in [4.69, 9.17) is 4.98 Å². The van der Waals surface area contributed by atoms with E-state index in [1.54, 1.807) is 4.90 Å². The van der Waals surface area contributed by atoms with Gasteiger partial charge in [0.15, 0.2) is 0 Å². The fraction of sp³-hybridized carbons (Fsp3) is 0.125.